The average molecular weight is 309 g/mol. The molecule has 1 N–H and O–H groups in total. The molecule has 1 aromatic heterocycles. The van der Waals surface area contributed by atoms with E-state index in [4.69, 9.17) is 16.0 Å². The van der Waals surface area contributed by atoms with Gasteiger partial charge >= 0.3 is 0 Å². The van der Waals surface area contributed by atoms with Crippen LogP contribution in [0.4, 0.5) is 5.69 Å². The summed E-state index contributed by atoms with van der Waals surface area (Å²) in [7, 11) is -3.68. The van der Waals surface area contributed by atoms with E-state index in [-0.39, 0.29) is 4.90 Å². The summed E-state index contributed by atoms with van der Waals surface area (Å²) in [5, 5.41) is 0.361. The Morgan fingerprint density at radius 3 is 2.80 bits per heavy atom. The van der Waals surface area contributed by atoms with E-state index in [1.54, 1.807) is 30.3 Å². The number of nitrogens with zero attached hydrogens (tertiary/aromatic N) is 1. The van der Waals surface area contributed by atoms with Crippen LogP contribution in [-0.2, 0) is 10.0 Å². The van der Waals surface area contributed by atoms with Crippen LogP contribution < -0.4 is 4.72 Å². The second kappa shape index (κ2) is 4.81. The van der Waals surface area contributed by atoms with Gasteiger partial charge in [0, 0.05) is 5.02 Å². The summed E-state index contributed by atoms with van der Waals surface area (Å²) >= 11 is 5.80. The van der Waals surface area contributed by atoms with Crippen LogP contribution >= 0.6 is 11.6 Å². The van der Waals surface area contributed by atoms with Gasteiger partial charge in [0.2, 0.25) is 0 Å². The number of sulfonamides is 1. The molecule has 0 atom stereocenters. The van der Waals surface area contributed by atoms with Crippen molar-refractivity contribution < 1.29 is 12.8 Å². The topological polar surface area (TPSA) is 72.2 Å². The molecule has 0 amide bonds. The molecule has 0 spiro atoms. The van der Waals surface area contributed by atoms with E-state index in [0.29, 0.717) is 21.8 Å². The number of hydrogen-bond acceptors (Lipinski definition) is 4. The molecule has 0 fully saturated rings. The van der Waals surface area contributed by atoms with Gasteiger partial charge in [-0.25, -0.2) is 13.4 Å². The number of fused-ring (bicyclic) bond motifs is 1. The van der Waals surface area contributed by atoms with Gasteiger partial charge in [-0.15, -0.1) is 0 Å². The second-order valence-electron chi connectivity index (χ2n) is 4.10. The van der Waals surface area contributed by atoms with Gasteiger partial charge in [0.25, 0.3) is 10.0 Å². The summed E-state index contributed by atoms with van der Waals surface area (Å²) in [6.45, 7) is 0. The smallest absolute Gasteiger partial charge is 0.261 e. The molecule has 2 aromatic carbocycles. The Hall–Kier alpha value is -2.05. The molecule has 0 saturated carbocycles. The van der Waals surface area contributed by atoms with Crippen molar-refractivity contribution in [1.82, 2.24) is 4.98 Å². The van der Waals surface area contributed by atoms with Crippen molar-refractivity contribution >= 4 is 38.4 Å². The average Bonchev–Trinajstić information content (AvgIpc) is 2.85. The van der Waals surface area contributed by atoms with Crippen LogP contribution in [0.5, 0.6) is 0 Å². The molecule has 0 saturated heterocycles. The Morgan fingerprint density at radius 2 is 2.00 bits per heavy atom. The maximum absolute atomic E-state index is 12.2. The van der Waals surface area contributed by atoms with Crippen molar-refractivity contribution in [1.29, 1.82) is 0 Å². The molecule has 0 unspecified atom stereocenters. The molecule has 20 heavy (non-hydrogen) atoms. The third-order valence-corrected chi connectivity index (χ3v) is 4.30. The zero-order chi connectivity index (χ0) is 14.2. The fraction of sp³-hybridized carbons (Fsp3) is 0. The highest BCUT2D eigenvalue weighted by Crippen LogP contribution is 2.22. The van der Waals surface area contributed by atoms with E-state index < -0.39 is 10.0 Å². The standard InChI is InChI=1S/C13H9ClN2O3S/c14-9-2-1-3-11(6-9)20(17,18)16-10-4-5-13-12(7-10)15-8-19-13/h1-8,16H. The number of benzene rings is 2. The lowest BCUT2D eigenvalue weighted by atomic mass is 10.3. The van der Waals surface area contributed by atoms with E-state index in [1.807, 2.05) is 0 Å². The lowest BCUT2D eigenvalue weighted by Crippen LogP contribution is -2.12. The molecule has 1 heterocycles. The third kappa shape index (κ3) is 2.48. The first-order valence-electron chi connectivity index (χ1n) is 5.66. The Labute approximate surface area is 120 Å². The molecule has 3 aromatic rings. The summed E-state index contributed by atoms with van der Waals surface area (Å²) in [6.07, 6.45) is 1.31. The lowest BCUT2D eigenvalue weighted by molar-refractivity contribution is 0.600. The SMILES string of the molecule is O=S(=O)(Nc1ccc2ocnc2c1)c1cccc(Cl)c1. The molecule has 0 radical (unpaired) electrons. The molecular formula is C13H9ClN2O3S. The Bertz CT molecular complexity index is 874. The van der Waals surface area contributed by atoms with Gasteiger partial charge in [0.15, 0.2) is 12.0 Å². The number of aromatic nitrogens is 1. The van der Waals surface area contributed by atoms with Crippen molar-refractivity contribution in [2.24, 2.45) is 0 Å². The highest BCUT2D eigenvalue weighted by molar-refractivity contribution is 7.92. The van der Waals surface area contributed by atoms with E-state index in [9.17, 15) is 8.42 Å². The number of anilines is 1. The molecule has 3 rings (SSSR count). The van der Waals surface area contributed by atoms with Gasteiger partial charge in [-0.3, -0.25) is 4.72 Å². The maximum atomic E-state index is 12.2. The zero-order valence-corrected chi connectivity index (χ0v) is 11.6. The van der Waals surface area contributed by atoms with Crippen LogP contribution in [0.1, 0.15) is 0 Å². The number of hydrogen-bond donors (Lipinski definition) is 1. The Morgan fingerprint density at radius 1 is 1.15 bits per heavy atom. The largest absolute Gasteiger partial charge is 0.443 e. The van der Waals surface area contributed by atoms with E-state index in [0.717, 1.165) is 0 Å². The number of rotatable bonds is 3. The van der Waals surface area contributed by atoms with Crippen molar-refractivity contribution in [3.8, 4) is 0 Å². The molecule has 0 aliphatic heterocycles. The lowest BCUT2D eigenvalue weighted by Gasteiger charge is -2.08. The highest BCUT2D eigenvalue weighted by atomic mass is 35.5. The fourth-order valence-electron chi connectivity index (χ4n) is 1.77. The van der Waals surface area contributed by atoms with Crippen LogP contribution in [-0.4, -0.2) is 13.4 Å². The summed E-state index contributed by atoms with van der Waals surface area (Å²) in [6, 6.07) is 10.9. The van der Waals surface area contributed by atoms with Crippen LogP contribution in [0.25, 0.3) is 11.1 Å². The molecule has 5 nitrogen and oxygen atoms in total. The number of nitrogens with one attached hydrogen (secondary N) is 1. The van der Waals surface area contributed by atoms with Gasteiger partial charge in [0.05, 0.1) is 10.6 Å². The predicted octanol–water partition coefficient (Wildman–Crippen LogP) is 3.28. The normalized spacial score (nSPS) is 11.7. The number of oxazole rings is 1. The van der Waals surface area contributed by atoms with Gasteiger partial charge in [-0.2, -0.15) is 0 Å². The Balaban J connectivity index is 1.96. The molecular weight excluding hydrogens is 300 g/mol. The number of halogens is 1. The Kier molecular flexibility index (Phi) is 3.11. The van der Waals surface area contributed by atoms with Crippen molar-refractivity contribution in [2.45, 2.75) is 4.90 Å². The summed E-state index contributed by atoms with van der Waals surface area (Å²) in [4.78, 5) is 4.08. The molecule has 102 valence electrons. The van der Waals surface area contributed by atoms with Crippen LogP contribution in [0.15, 0.2) is 58.2 Å². The first-order valence-corrected chi connectivity index (χ1v) is 7.52. The summed E-state index contributed by atoms with van der Waals surface area (Å²) in [5.41, 5.74) is 1.58. The van der Waals surface area contributed by atoms with Gasteiger partial charge in [0.1, 0.15) is 5.52 Å². The van der Waals surface area contributed by atoms with Crippen LogP contribution in [0, 0.1) is 0 Å². The molecule has 0 bridgehead atoms. The monoisotopic (exact) mass is 308 g/mol. The van der Waals surface area contributed by atoms with Crippen LogP contribution in [0.3, 0.4) is 0 Å². The summed E-state index contributed by atoms with van der Waals surface area (Å²) < 4.78 is 32.0. The van der Waals surface area contributed by atoms with E-state index in [1.165, 1.54) is 18.5 Å². The minimum absolute atomic E-state index is 0.102. The third-order valence-electron chi connectivity index (χ3n) is 2.69. The van der Waals surface area contributed by atoms with E-state index >= 15 is 0 Å². The minimum Gasteiger partial charge on any atom is -0.443 e. The van der Waals surface area contributed by atoms with E-state index in [2.05, 4.69) is 9.71 Å². The van der Waals surface area contributed by atoms with Gasteiger partial charge in [-0.1, -0.05) is 17.7 Å². The molecule has 7 heteroatoms. The quantitative estimate of drug-likeness (QED) is 0.806. The molecule has 0 aliphatic carbocycles. The van der Waals surface area contributed by atoms with Crippen molar-refractivity contribution in [3.05, 3.63) is 53.9 Å². The van der Waals surface area contributed by atoms with Gasteiger partial charge in [-0.05, 0) is 36.4 Å². The first kappa shape index (κ1) is 13.0. The predicted molar refractivity (Wildman–Crippen MR) is 76.3 cm³/mol. The molecule has 0 aliphatic rings. The fourth-order valence-corrected chi connectivity index (χ4v) is 3.12. The van der Waals surface area contributed by atoms with Crippen LogP contribution in [0.2, 0.25) is 5.02 Å². The highest BCUT2D eigenvalue weighted by Gasteiger charge is 2.15. The van der Waals surface area contributed by atoms with Crippen molar-refractivity contribution in [3.63, 3.8) is 0 Å². The van der Waals surface area contributed by atoms with Crippen molar-refractivity contribution in [2.75, 3.05) is 4.72 Å². The maximum Gasteiger partial charge on any atom is 0.261 e. The summed E-state index contributed by atoms with van der Waals surface area (Å²) in [5.74, 6) is 0. The second-order valence-corrected chi connectivity index (χ2v) is 6.22. The first-order chi connectivity index (χ1) is 9.54. The minimum atomic E-state index is -3.68. The van der Waals surface area contributed by atoms with Gasteiger partial charge < -0.3 is 4.42 Å². The zero-order valence-electron chi connectivity index (χ0n) is 10.1.